The summed E-state index contributed by atoms with van der Waals surface area (Å²) in [6.07, 6.45) is 1.42. The van der Waals surface area contributed by atoms with Crippen LogP contribution in [0, 0.1) is 0 Å². The van der Waals surface area contributed by atoms with Gasteiger partial charge in [-0.1, -0.05) is 12.1 Å². The summed E-state index contributed by atoms with van der Waals surface area (Å²) >= 11 is 0. The second-order valence-electron chi connectivity index (χ2n) is 6.06. The van der Waals surface area contributed by atoms with Crippen LogP contribution in [0.5, 0.6) is 5.75 Å². The predicted octanol–water partition coefficient (Wildman–Crippen LogP) is 2.23. The molecule has 1 aliphatic rings. The summed E-state index contributed by atoms with van der Waals surface area (Å²) in [7, 11) is 1.63. The Morgan fingerprint density at radius 2 is 2.09 bits per heavy atom. The molecule has 1 aromatic heterocycles. The molecule has 1 aromatic carbocycles. The van der Waals surface area contributed by atoms with E-state index in [0.29, 0.717) is 17.8 Å². The minimum Gasteiger partial charge on any atom is -0.497 e. The lowest BCUT2D eigenvalue weighted by atomic mass is 9.95. The van der Waals surface area contributed by atoms with E-state index >= 15 is 0 Å². The fourth-order valence-electron chi connectivity index (χ4n) is 3.05. The van der Waals surface area contributed by atoms with Crippen molar-refractivity contribution in [3.05, 3.63) is 56.2 Å². The highest BCUT2D eigenvalue weighted by Gasteiger charge is 2.24. The molecule has 0 saturated heterocycles. The first kappa shape index (κ1) is 15.4. The Labute approximate surface area is 134 Å². The van der Waals surface area contributed by atoms with E-state index in [1.54, 1.807) is 7.11 Å². The standard InChI is InChI=1S/C17H21N3O3/c1-10(2)20-16(21)13-7-8-14(18-15(13)19-17(20)22)11-5-4-6-12(9-11)23-3/h4-6,9-10,14,18H,7-8H2,1-3H3,(H,19,22)/t14-/m0/s1. The number of ether oxygens (including phenoxy) is 1. The van der Waals surface area contributed by atoms with Gasteiger partial charge in [-0.05, 0) is 44.4 Å². The molecule has 0 fully saturated rings. The molecule has 122 valence electrons. The van der Waals surface area contributed by atoms with Crippen molar-refractivity contribution in [2.24, 2.45) is 0 Å². The second-order valence-corrected chi connectivity index (χ2v) is 6.06. The maximum absolute atomic E-state index is 12.5. The number of aromatic amines is 1. The Kier molecular flexibility index (Phi) is 3.98. The first-order valence-corrected chi connectivity index (χ1v) is 7.79. The van der Waals surface area contributed by atoms with Gasteiger partial charge in [-0.3, -0.25) is 14.3 Å². The van der Waals surface area contributed by atoms with Gasteiger partial charge in [0.2, 0.25) is 0 Å². The van der Waals surface area contributed by atoms with Crippen LogP contribution in [0.3, 0.4) is 0 Å². The molecule has 6 heteroatoms. The Morgan fingerprint density at radius 3 is 2.78 bits per heavy atom. The van der Waals surface area contributed by atoms with Crippen LogP contribution in [0.25, 0.3) is 0 Å². The van der Waals surface area contributed by atoms with Crippen molar-refractivity contribution in [3.8, 4) is 5.75 Å². The smallest absolute Gasteiger partial charge is 0.330 e. The highest BCUT2D eigenvalue weighted by molar-refractivity contribution is 5.48. The Hall–Kier alpha value is -2.50. The minimum absolute atomic E-state index is 0.0440. The molecule has 0 radical (unpaired) electrons. The van der Waals surface area contributed by atoms with Gasteiger partial charge in [-0.15, -0.1) is 0 Å². The molecular formula is C17H21N3O3. The van der Waals surface area contributed by atoms with Crippen LogP contribution in [0.4, 0.5) is 5.82 Å². The third-order valence-electron chi connectivity index (χ3n) is 4.24. The van der Waals surface area contributed by atoms with Crippen molar-refractivity contribution in [2.45, 2.75) is 38.8 Å². The number of nitrogens with one attached hydrogen (secondary N) is 2. The number of anilines is 1. The van der Waals surface area contributed by atoms with Crippen LogP contribution in [-0.2, 0) is 6.42 Å². The third-order valence-corrected chi connectivity index (χ3v) is 4.24. The average molecular weight is 315 g/mol. The maximum atomic E-state index is 12.5. The molecule has 6 nitrogen and oxygen atoms in total. The molecule has 0 saturated carbocycles. The average Bonchev–Trinajstić information content (AvgIpc) is 2.54. The van der Waals surface area contributed by atoms with Crippen LogP contribution in [0.2, 0.25) is 0 Å². The van der Waals surface area contributed by atoms with Gasteiger partial charge < -0.3 is 10.1 Å². The maximum Gasteiger partial charge on any atom is 0.330 e. The fraction of sp³-hybridized carbons (Fsp3) is 0.412. The molecule has 0 spiro atoms. The summed E-state index contributed by atoms with van der Waals surface area (Å²) in [6.45, 7) is 3.66. The SMILES string of the molecule is COc1cccc([C@@H]2CCc3c([nH]c(=O)n(C(C)C)c3=O)N2)c1. The lowest BCUT2D eigenvalue weighted by molar-refractivity contribution is 0.413. The number of hydrogen-bond acceptors (Lipinski definition) is 4. The zero-order valence-corrected chi connectivity index (χ0v) is 13.6. The topological polar surface area (TPSA) is 76.1 Å². The lowest BCUT2D eigenvalue weighted by Gasteiger charge is -2.27. The number of nitrogens with zero attached hydrogens (tertiary/aromatic N) is 1. The van der Waals surface area contributed by atoms with Crippen molar-refractivity contribution >= 4 is 5.82 Å². The van der Waals surface area contributed by atoms with E-state index in [9.17, 15) is 9.59 Å². The number of benzene rings is 1. The zero-order chi connectivity index (χ0) is 16.6. The quantitative estimate of drug-likeness (QED) is 0.910. The van der Waals surface area contributed by atoms with E-state index < -0.39 is 0 Å². The van der Waals surface area contributed by atoms with Crippen molar-refractivity contribution in [1.29, 1.82) is 0 Å². The van der Waals surface area contributed by atoms with Gasteiger partial charge in [0.25, 0.3) is 5.56 Å². The number of methoxy groups -OCH3 is 1. The number of rotatable bonds is 3. The van der Waals surface area contributed by atoms with Crippen LogP contribution in [-0.4, -0.2) is 16.7 Å². The highest BCUT2D eigenvalue weighted by atomic mass is 16.5. The number of H-pyrrole nitrogens is 1. The number of hydrogen-bond donors (Lipinski definition) is 2. The predicted molar refractivity (Wildman–Crippen MR) is 89.4 cm³/mol. The van der Waals surface area contributed by atoms with E-state index in [4.69, 9.17) is 4.74 Å². The fourth-order valence-corrected chi connectivity index (χ4v) is 3.05. The summed E-state index contributed by atoms with van der Waals surface area (Å²) in [6, 6.07) is 7.69. The first-order chi connectivity index (χ1) is 11.0. The Balaban J connectivity index is 1.98. The van der Waals surface area contributed by atoms with Gasteiger partial charge in [-0.2, -0.15) is 0 Å². The third kappa shape index (κ3) is 2.76. The van der Waals surface area contributed by atoms with Crippen molar-refractivity contribution in [2.75, 3.05) is 12.4 Å². The van der Waals surface area contributed by atoms with E-state index in [1.807, 2.05) is 38.1 Å². The monoisotopic (exact) mass is 315 g/mol. The van der Waals surface area contributed by atoms with E-state index in [1.165, 1.54) is 4.57 Å². The molecule has 0 aliphatic carbocycles. The summed E-state index contributed by atoms with van der Waals surface area (Å²) in [5.74, 6) is 1.33. The molecule has 0 amide bonds. The van der Waals surface area contributed by atoms with Crippen LogP contribution >= 0.6 is 0 Å². The van der Waals surface area contributed by atoms with Gasteiger partial charge in [0.15, 0.2) is 0 Å². The van der Waals surface area contributed by atoms with Gasteiger partial charge in [0, 0.05) is 6.04 Å². The van der Waals surface area contributed by atoms with E-state index in [0.717, 1.165) is 17.7 Å². The molecule has 23 heavy (non-hydrogen) atoms. The van der Waals surface area contributed by atoms with Crippen LogP contribution in [0.1, 0.15) is 43.5 Å². The molecule has 1 atom stereocenters. The van der Waals surface area contributed by atoms with Gasteiger partial charge in [0.1, 0.15) is 11.6 Å². The molecule has 2 heterocycles. The minimum atomic E-state index is -0.373. The van der Waals surface area contributed by atoms with Gasteiger partial charge in [-0.25, -0.2) is 4.79 Å². The Bertz CT molecular complexity index is 836. The normalized spacial score (nSPS) is 16.8. The molecule has 1 aliphatic heterocycles. The molecule has 2 N–H and O–H groups in total. The zero-order valence-electron chi connectivity index (χ0n) is 13.6. The summed E-state index contributed by atoms with van der Waals surface area (Å²) < 4.78 is 6.53. The van der Waals surface area contributed by atoms with Crippen molar-refractivity contribution in [1.82, 2.24) is 9.55 Å². The highest BCUT2D eigenvalue weighted by Crippen LogP contribution is 2.30. The first-order valence-electron chi connectivity index (χ1n) is 7.79. The molecule has 0 bridgehead atoms. The van der Waals surface area contributed by atoms with Crippen LogP contribution in [0.15, 0.2) is 33.9 Å². The van der Waals surface area contributed by atoms with Crippen molar-refractivity contribution in [3.63, 3.8) is 0 Å². The van der Waals surface area contributed by atoms with E-state index in [2.05, 4.69) is 10.3 Å². The summed E-state index contributed by atoms with van der Waals surface area (Å²) in [5, 5.41) is 3.29. The van der Waals surface area contributed by atoms with Gasteiger partial charge >= 0.3 is 5.69 Å². The second kappa shape index (κ2) is 5.95. The number of aromatic nitrogens is 2. The summed E-state index contributed by atoms with van der Waals surface area (Å²) in [4.78, 5) is 27.5. The summed E-state index contributed by atoms with van der Waals surface area (Å²) in [5.41, 5.74) is 1.15. The lowest BCUT2D eigenvalue weighted by Crippen LogP contribution is -2.41. The molecular weight excluding hydrogens is 294 g/mol. The molecule has 2 aromatic rings. The van der Waals surface area contributed by atoms with E-state index in [-0.39, 0.29) is 23.3 Å². The molecule has 0 unspecified atom stereocenters. The largest absolute Gasteiger partial charge is 0.497 e. The van der Waals surface area contributed by atoms with Crippen molar-refractivity contribution < 1.29 is 4.74 Å². The molecule has 3 rings (SSSR count). The number of fused-ring (bicyclic) bond motifs is 1. The van der Waals surface area contributed by atoms with Gasteiger partial charge in [0.05, 0.1) is 18.7 Å². The van der Waals surface area contributed by atoms with Crippen LogP contribution < -0.4 is 21.3 Å². The Morgan fingerprint density at radius 1 is 1.30 bits per heavy atom.